The number of nitrogens with zero attached hydrogens (tertiary/aromatic N) is 1. The molecule has 0 aromatic heterocycles. The minimum absolute atomic E-state index is 0.0700. The monoisotopic (exact) mass is 351 g/mol. The number of hydrogen-bond donors (Lipinski definition) is 0. The van der Waals surface area contributed by atoms with Crippen molar-refractivity contribution in [1.82, 2.24) is 0 Å². The Morgan fingerprint density at radius 3 is 2.69 bits per heavy atom. The summed E-state index contributed by atoms with van der Waals surface area (Å²) in [5.41, 5.74) is -0.120. The summed E-state index contributed by atoms with van der Waals surface area (Å²) >= 11 is 0. The molecule has 2 rings (SSSR count). The summed E-state index contributed by atoms with van der Waals surface area (Å²) in [4.78, 5) is 12.5. The number of rotatable bonds is 7. The molecule has 0 fully saturated rings. The average Bonchev–Trinajstić information content (AvgIpc) is 2.66. The van der Waals surface area contributed by atoms with Crippen LogP contribution < -0.4 is 4.74 Å². The van der Waals surface area contributed by atoms with E-state index in [1.165, 1.54) is 0 Å². The Hall–Kier alpha value is -2.80. The van der Waals surface area contributed by atoms with Gasteiger partial charge in [-0.25, -0.2) is 0 Å². The highest BCUT2D eigenvalue weighted by Gasteiger charge is 2.36. The van der Waals surface area contributed by atoms with Crippen molar-refractivity contribution in [2.24, 2.45) is 11.3 Å². The Morgan fingerprint density at radius 1 is 1.38 bits per heavy atom. The number of hydrogen-bond acceptors (Lipinski definition) is 4. The first-order valence-corrected chi connectivity index (χ1v) is 8.71. The van der Waals surface area contributed by atoms with Gasteiger partial charge < -0.3 is 9.47 Å². The molecule has 0 heterocycles. The maximum Gasteiger partial charge on any atom is 0.313 e. The molecular formula is C22H25NO3. The van der Waals surface area contributed by atoms with E-state index in [0.717, 1.165) is 5.75 Å². The van der Waals surface area contributed by atoms with E-state index < -0.39 is 17.5 Å². The van der Waals surface area contributed by atoms with Crippen molar-refractivity contribution in [1.29, 1.82) is 5.26 Å². The van der Waals surface area contributed by atoms with Crippen LogP contribution in [0.2, 0.25) is 0 Å². The molecule has 0 amide bonds. The lowest BCUT2D eigenvalue weighted by atomic mass is 9.80. The largest absolute Gasteiger partial charge is 0.486 e. The number of benzene rings is 1. The molecule has 4 heteroatoms. The molecule has 136 valence electrons. The standard InChI is InChI=1S/C22H25NO3/c1-5-16(2)22(3,4)21(24)26-20(15-23)17-10-9-13-19(14-17)25-18-11-7-6-8-12-18/h5-12,14,16,19-20H,1,13H2,2-4H3. The van der Waals surface area contributed by atoms with E-state index in [1.807, 2.05) is 55.5 Å². The quantitative estimate of drug-likeness (QED) is 0.532. The molecule has 0 aliphatic heterocycles. The second kappa shape index (κ2) is 8.53. The summed E-state index contributed by atoms with van der Waals surface area (Å²) in [6.45, 7) is 9.23. The molecule has 0 saturated carbocycles. The van der Waals surface area contributed by atoms with Crippen LogP contribution in [-0.4, -0.2) is 18.2 Å². The van der Waals surface area contributed by atoms with Crippen LogP contribution in [0.25, 0.3) is 0 Å². The first-order valence-electron chi connectivity index (χ1n) is 8.71. The number of esters is 1. The molecule has 0 saturated heterocycles. The SMILES string of the molecule is C=CC(C)C(C)(C)C(=O)OC(C#N)C1=CC(Oc2ccccc2)CC=C1. The van der Waals surface area contributed by atoms with E-state index in [2.05, 4.69) is 12.6 Å². The van der Waals surface area contributed by atoms with Gasteiger partial charge in [-0.3, -0.25) is 4.79 Å². The Morgan fingerprint density at radius 2 is 2.08 bits per heavy atom. The van der Waals surface area contributed by atoms with Crippen molar-refractivity contribution < 1.29 is 14.3 Å². The maximum absolute atomic E-state index is 12.5. The Bertz CT molecular complexity index is 740. The summed E-state index contributed by atoms with van der Waals surface area (Å²) in [6.07, 6.45) is 6.84. The molecule has 1 aromatic rings. The fourth-order valence-corrected chi connectivity index (χ4v) is 2.52. The van der Waals surface area contributed by atoms with Gasteiger partial charge in [0.1, 0.15) is 17.9 Å². The lowest BCUT2D eigenvalue weighted by Gasteiger charge is -2.29. The third-order valence-electron chi connectivity index (χ3n) is 4.75. The van der Waals surface area contributed by atoms with Crippen molar-refractivity contribution >= 4 is 5.97 Å². The van der Waals surface area contributed by atoms with Gasteiger partial charge >= 0.3 is 5.97 Å². The molecule has 26 heavy (non-hydrogen) atoms. The fourth-order valence-electron chi connectivity index (χ4n) is 2.52. The summed E-state index contributed by atoms with van der Waals surface area (Å²) < 4.78 is 11.4. The van der Waals surface area contributed by atoms with Crippen LogP contribution >= 0.6 is 0 Å². The van der Waals surface area contributed by atoms with Crippen LogP contribution in [0.3, 0.4) is 0 Å². The van der Waals surface area contributed by atoms with E-state index >= 15 is 0 Å². The minimum Gasteiger partial charge on any atom is -0.486 e. The highest BCUT2D eigenvalue weighted by Crippen LogP contribution is 2.30. The Balaban J connectivity index is 2.11. The summed E-state index contributed by atoms with van der Waals surface area (Å²) in [5.74, 6) is 0.270. The normalized spacial score (nSPS) is 18.8. The molecule has 3 unspecified atom stereocenters. The van der Waals surface area contributed by atoms with Gasteiger partial charge in [-0.15, -0.1) is 6.58 Å². The highest BCUT2D eigenvalue weighted by atomic mass is 16.5. The third-order valence-corrected chi connectivity index (χ3v) is 4.75. The van der Waals surface area contributed by atoms with E-state index in [9.17, 15) is 10.1 Å². The molecule has 1 aromatic carbocycles. The number of para-hydroxylation sites is 1. The molecule has 4 nitrogen and oxygen atoms in total. The zero-order valence-electron chi connectivity index (χ0n) is 15.5. The fraction of sp³-hybridized carbons (Fsp3) is 0.364. The molecule has 0 radical (unpaired) electrons. The van der Waals surface area contributed by atoms with E-state index in [-0.39, 0.29) is 12.0 Å². The number of nitriles is 1. The molecule has 1 aliphatic carbocycles. The maximum atomic E-state index is 12.5. The number of carbonyl (C=O) groups excluding carboxylic acids is 1. The molecule has 0 spiro atoms. The highest BCUT2D eigenvalue weighted by molar-refractivity contribution is 5.77. The lowest BCUT2D eigenvalue weighted by molar-refractivity contribution is -0.157. The van der Waals surface area contributed by atoms with Gasteiger partial charge in [0.2, 0.25) is 6.10 Å². The summed E-state index contributed by atoms with van der Waals surface area (Å²) in [5, 5.41) is 9.50. The summed E-state index contributed by atoms with van der Waals surface area (Å²) in [6, 6.07) is 11.6. The van der Waals surface area contributed by atoms with Gasteiger partial charge in [0.15, 0.2) is 0 Å². The van der Waals surface area contributed by atoms with Gasteiger partial charge in [0, 0.05) is 12.0 Å². The van der Waals surface area contributed by atoms with Gasteiger partial charge in [-0.2, -0.15) is 5.26 Å². The molecule has 0 N–H and O–H groups in total. The van der Waals surface area contributed by atoms with E-state index in [0.29, 0.717) is 12.0 Å². The van der Waals surface area contributed by atoms with Crippen LogP contribution in [0.1, 0.15) is 27.2 Å². The number of allylic oxidation sites excluding steroid dienone is 1. The Kier molecular flexibility index (Phi) is 6.41. The van der Waals surface area contributed by atoms with Gasteiger partial charge in [-0.05, 0) is 38.0 Å². The van der Waals surface area contributed by atoms with Gasteiger partial charge in [0.25, 0.3) is 0 Å². The third kappa shape index (κ3) is 4.64. The lowest BCUT2D eigenvalue weighted by Crippen LogP contribution is -2.35. The van der Waals surface area contributed by atoms with Crippen LogP contribution in [0.5, 0.6) is 5.75 Å². The van der Waals surface area contributed by atoms with E-state index in [1.54, 1.807) is 19.9 Å². The van der Waals surface area contributed by atoms with Crippen molar-refractivity contribution in [3.63, 3.8) is 0 Å². The second-order valence-corrected chi connectivity index (χ2v) is 6.93. The number of carbonyl (C=O) groups is 1. The van der Waals surface area contributed by atoms with Crippen LogP contribution in [0, 0.1) is 22.7 Å². The topological polar surface area (TPSA) is 59.3 Å². The number of ether oxygens (including phenoxy) is 2. The smallest absolute Gasteiger partial charge is 0.313 e. The Labute approximate surface area is 155 Å². The summed E-state index contributed by atoms with van der Waals surface area (Å²) in [7, 11) is 0. The predicted octanol–water partition coefficient (Wildman–Crippen LogP) is 4.60. The van der Waals surface area contributed by atoms with Crippen LogP contribution in [0.15, 0.2) is 66.8 Å². The van der Waals surface area contributed by atoms with Crippen molar-refractivity contribution in [3.8, 4) is 11.8 Å². The van der Waals surface area contributed by atoms with Crippen LogP contribution in [-0.2, 0) is 9.53 Å². The van der Waals surface area contributed by atoms with Crippen LogP contribution in [0.4, 0.5) is 0 Å². The first-order chi connectivity index (χ1) is 12.4. The first kappa shape index (κ1) is 19.5. The molecule has 0 bridgehead atoms. The van der Waals surface area contributed by atoms with Gasteiger partial charge in [0.05, 0.1) is 5.41 Å². The predicted molar refractivity (Wildman–Crippen MR) is 101 cm³/mol. The molecule has 1 aliphatic rings. The van der Waals surface area contributed by atoms with Crippen molar-refractivity contribution in [3.05, 3.63) is 66.8 Å². The second-order valence-electron chi connectivity index (χ2n) is 6.93. The minimum atomic E-state index is -0.961. The zero-order valence-corrected chi connectivity index (χ0v) is 15.5. The molecular weight excluding hydrogens is 326 g/mol. The van der Waals surface area contributed by atoms with Crippen molar-refractivity contribution in [2.75, 3.05) is 0 Å². The van der Waals surface area contributed by atoms with E-state index in [4.69, 9.17) is 9.47 Å². The van der Waals surface area contributed by atoms with Crippen molar-refractivity contribution in [2.45, 2.75) is 39.4 Å². The molecule has 3 atom stereocenters. The average molecular weight is 351 g/mol. The van der Waals surface area contributed by atoms with Gasteiger partial charge in [-0.1, -0.05) is 43.4 Å². The zero-order chi connectivity index (χ0) is 19.2.